The Morgan fingerprint density at radius 1 is 1.56 bits per heavy atom. The summed E-state index contributed by atoms with van der Waals surface area (Å²) in [7, 11) is -3.71. The van der Waals surface area contributed by atoms with Gasteiger partial charge >= 0.3 is 10.1 Å². The average Bonchev–Trinajstić information content (AvgIpc) is 2.26. The van der Waals surface area contributed by atoms with E-state index in [1.54, 1.807) is 0 Å². The minimum atomic E-state index is -3.71. The number of nitrogen functional groups attached to an aromatic ring is 1. The summed E-state index contributed by atoms with van der Waals surface area (Å²) in [6.07, 6.45) is 2.40. The lowest BCUT2D eigenvalue weighted by Gasteiger charge is -2.10. The van der Waals surface area contributed by atoms with Gasteiger partial charge in [-0.15, -0.1) is 6.58 Å². The Bertz CT molecular complexity index is 566. The minimum Gasteiger partial charge on any atom is -0.399 e. The molecule has 0 aromatic heterocycles. The van der Waals surface area contributed by atoms with E-state index in [1.165, 1.54) is 24.3 Å². The highest BCUT2D eigenvalue weighted by atomic mass is 32.2. The molecule has 3 N–H and O–H groups in total. The van der Waals surface area contributed by atoms with Crippen LogP contribution in [0.5, 0.6) is 5.75 Å². The quantitative estimate of drug-likeness (QED) is 0.462. The standard InChI is InChI=1S/C11H14N2O4S/c1-3-6-13-11(14)9-7-8(12)4-5-10(9)17-18(2,15)16/h3-5,7H,1,6,12H2,2H3,(H,13,14). The summed E-state index contributed by atoms with van der Waals surface area (Å²) in [6, 6.07) is 4.13. The molecule has 1 aromatic rings. The summed E-state index contributed by atoms with van der Waals surface area (Å²) < 4.78 is 26.9. The number of carbonyl (C=O) groups excluding carboxylic acids is 1. The molecule has 0 saturated carbocycles. The molecule has 0 unspecified atom stereocenters. The van der Waals surface area contributed by atoms with E-state index >= 15 is 0 Å². The summed E-state index contributed by atoms with van der Waals surface area (Å²) in [5.41, 5.74) is 5.94. The lowest BCUT2D eigenvalue weighted by molar-refractivity contribution is 0.0956. The number of amides is 1. The third kappa shape index (κ3) is 4.10. The van der Waals surface area contributed by atoms with Crippen molar-refractivity contribution in [2.24, 2.45) is 0 Å². The van der Waals surface area contributed by atoms with Crippen LogP contribution < -0.4 is 15.2 Å². The van der Waals surface area contributed by atoms with Crippen LogP contribution in [0.25, 0.3) is 0 Å². The van der Waals surface area contributed by atoms with E-state index in [0.29, 0.717) is 5.69 Å². The van der Waals surface area contributed by atoms with Gasteiger partial charge in [0.15, 0.2) is 5.75 Å². The summed E-state index contributed by atoms with van der Waals surface area (Å²) in [4.78, 5) is 11.8. The molecule has 1 rings (SSSR count). The van der Waals surface area contributed by atoms with Crippen LogP contribution in [0.4, 0.5) is 5.69 Å². The highest BCUT2D eigenvalue weighted by molar-refractivity contribution is 7.86. The van der Waals surface area contributed by atoms with Crippen LogP contribution in [0.2, 0.25) is 0 Å². The second-order valence-corrected chi connectivity index (χ2v) is 5.12. The number of carbonyl (C=O) groups is 1. The van der Waals surface area contributed by atoms with Crippen molar-refractivity contribution in [3.8, 4) is 5.75 Å². The first-order valence-corrected chi connectivity index (χ1v) is 6.83. The fourth-order valence-corrected chi connectivity index (χ4v) is 1.69. The fraction of sp³-hybridized carbons (Fsp3) is 0.182. The highest BCUT2D eigenvalue weighted by Gasteiger charge is 2.16. The van der Waals surface area contributed by atoms with Crippen LogP contribution in [-0.4, -0.2) is 27.1 Å². The zero-order chi connectivity index (χ0) is 13.8. The topological polar surface area (TPSA) is 98.5 Å². The summed E-state index contributed by atoms with van der Waals surface area (Å²) in [5.74, 6) is -0.547. The molecule has 0 saturated heterocycles. The van der Waals surface area contributed by atoms with Crippen molar-refractivity contribution < 1.29 is 17.4 Å². The predicted molar refractivity (Wildman–Crippen MR) is 68.9 cm³/mol. The Morgan fingerprint density at radius 3 is 2.78 bits per heavy atom. The Balaban J connectivity index is 3.11. The third-order valence-corrected chi connectivity index (χ3v) is 2.38. The Morgan fingerprint density at radius 2 is 2.22 bits per heavy atom. The molecule has 18 heavy (non-hydrogen) atoms. The minimum absolute atomic E-state index is 0.0577. The van der Waals surface area contributed by atoms with Gasteiger partial charge < -0.3 is 15.2 Å². The van der Waals surface area contributed by atoms with Crippen molar-refractivity contribution in [1.29, 1.82) is 0 Å². The SMILES string of the molecule is C=CCNC(=O)c1cc(N)ccc1OS(C)(=O)=O. The first-order valence-electron chi connectivity index (χ1n) is 5.01. The first kappa shape index (κ1) is 14.0. The second-order valence-electron chi connectivity index (χ2n) is 3.54. The molecule has 0 fully saturated rings. The van der Waals surface area contributed by atoms with Crippen LogP contribution in [-0.2, 0) is 10.1 Å². The average molecular weight is 270 g/mol. The maximum absolute atomic E-state index is 11.8. The van der Waals surface area contributed by atoms with E-state index in [0.717, 1.165) is 6.26 Å². The Kier molecular flexibility index (Phi) is 4.33. The van der Waals surface area contributed by atoms with E-state index in [9.17, 15) is 13.2 Å². The van der Waals surface area contributed by atoms with Gasteiger partial charge in [0, 0.05) is 12.2 Å². The normalized spacial score (nSPS) is 10.7. The van der Waals surface area contributed by atoms with Crippen LogP contribution in [0.3, 0.4) is 0 Å². The molecule has 0 heterocycles. The molecule has 0 aliphatic rings. The Hall–Kier alpha value is -2.02. The Labute approximate surface area is 106 Å². The molecule has 98 valence electrons. The maximum atomic E-state index is 11.8. The second kappa shape index (κ2) is 5.54. The molecule has 0 aliphatic carbocycles. The third-order valence-electron chi connectivity index (χ3n) is 1.90. The molecule has 6 nitrogen and oxygen atoms in total. The largest absolute Gasteiger partial charge is 0.399 e. The van der Waals surface area contributed by atoms with E-state index in [1.807, 2.05) is 0 Å². The number of benzene rings is 1. The van der Waals surface area contributed by atoms with E-state index in [2.05, 4.69) is 11.9 Å². The van der Waals surface area contributed by atoms with Gasteiger partial charge in [-0.3, -0.25) is 4.79 Å². The van der Waals surface area contributed by atoms with Gasteiger partial charge in [-0.2, -0.15) is 8.42 Å². The molecular weight excluding hydrogens is 256 g/mol. The van der Waals surface area contributed by atoms with Crippen LogP contribution in [0.1, 0.15) is 10.4 Å². The number of anilines is 1. The van der Waals surface area contributed by atoms with Gasteiger partial charge in [0.2, 0.25) is 0 Å². The van der Waals surface area contributed by atoms with Crippen molar-refractivity contribution in [1.82, 2.24) is 5.32 Å². The molecule has 7 heteroatoms. The first-order chi connectivity index (χ1) is 8.33. The van der Waals surface area contributed by atoms with Crippen molar-refractivity contribution in [2.45, 2.75) is 0 Å². The van der Waals surface area contributed by atoms with E-state index in [-0.39, 0.29) is 17.9 Å². The van der Waals surface area contributed by atoms with Gasteiger partial charge in [0.25, 0.3) is 5.91 Å². The summed E-state index contributed by atoms with van der Waals surface area (Å²) in [6.45, 7) is 3.72. The zero-order valence-electron chi connectivity index (χ0n) is 9.84. The lowest BCUT2D eigenvalue weighted by Crippen LogP contribution is -2.24. The molecule has 0 radical (unpaired) electrons. The van der Waals surface area contributed by atoms with Gasteiger partial charge in [-0.25, -0.2) is 0 Å². The van der Waals surface area contributed by atoms with Crippen molar-refractivity contribution in [3.63, 3.8) is 0 Å². The number of rotatable bonds is 5. The van der Waals surface area contributed by atoms with E-state index < -0.39 is 16.0 Å². The van der Waals surface area contributed by atoms with Crippen LogP contribution in [0, 0.1) is 0 Å². The smallest absolute Gasteiger partial charge is 0.306 e. The number of hydrogen-bond acceptors (Lipinski definition) is 5. The lowest BCUT2D eigenvalue weighted by atomic mass is 10.1. The fourth-order valence-electron chi connectivity index (χ4n) is 1.22. The molecular formula is C11H14N2O4S. The number of nitrogens with one attached hydrogen (secondary N) is 1. The number of nitrogens with two attached hydrogens (primary N) is 1. The number of hydrogen-bond donors (Lipinski definition) is 2. The van der Waals surface area contributed by atoms with Crippen molar-refractivity contribution >= 4 is 21.7 Å². The molecule has 0 atom stereocenters. The van der Waals surface area contributed by atoms with Gasteiger partial charge in [-0.1, -0.05) is 6.08 Å². The monoisotopic (exact) mass is 270 g/mol. The summed E-state index contributed by atoms with van der Waals surface area (Å²) >= 11 is 0. The molecule has 0 aliphatic heterocycles. The maximum Gasteiger partial charge on any atom is 0.306 e. The summed E-state index contributed by atoms with van der Waals surface area (Å²) in [5, 5.41) is 2.51. The molecule has 0 spiro atoms. The molecule has 1 aromatic carbocycles. The molecule has 0 bridgehead atoms. The van der Waals surface area contributed by atoms with Crippen molar-refractivity contribution in [2.75, 3.05) is 18.5 Å². The van der Waals surface area contributed by atoms with Gasteiger partial charge in [0.1, 0.15) is 0 Å². The predicted octanol–water partition coefficient (Wildman–Crippen LogP) is 0.523. The van der Waals surface area contributed by atoms with Gasteiger partial charge in [-0.05, 0) is 18.2 Å². The van der Waals surface area contributed by atoms with Crippen LogP contribution >= 0.6 is 0 Å². The van der Waals surface area contributed by atoms with Gasteiger partial charge in [0.05, 0.1) is 11.8 Å². The van der Waals surface area contributed by atoms with Crippen molar-refractivity contribution in [3.05, 3.63) is 36.4 Å². The van der Waals surface area contributed by atoms with E-state index in [4.69, 9.17) is 9.92 Å². The van der Waals surface area contributed by atoms with Crippen LogP contribution in [0.15, 0.2) is 30.9 Å². The zero-order valence-corrected chi connectivity index (χ0v) is 10.7. The highest BCUT2D eigenvalue weighted by Crippen LogP contribution is 2.22. The molecule has 1 amide bonds.